The highest BCUT2D eigenvalue weighted by Gasteiger charge is 2.07. The number of nitrogens with zero attached hydrogens (tertiary/aromatic N) is 2. The van der Waals surface area contributed by atoms with Gasteiger partial charge in [-0.15, -0.1) is 0 Å². The molecule has 1 heterocycles. The van der Waals surface area contributed by atoms with Gasteiger partial charge in [0.15, 0.2) is 0 Å². The van der Waals surface area contributed by atoms with Crippen molar-refractivity contribution in [1.82, 2.24) is 14.9 Å². The molecule has 1 N–H and O–H groups in total. The SMILES string of the molecule is CC(C)c1ccccc1CNC(=O)CCn1ccnc1. The molecule has 20 heavy (non-hydrogen) atoms. The molecular formula is C16H21N3O. The second-order valence-electron chi connectivity index (χ2n) is 5.18. The van der Waals surface area contributed by atoms with E-state index in [2.05, 4.69) is 36.3 Å². The average molecular weight is 271 g/mol. The third-order valence-electron chi connectivity index (χ3n) is 3.31. The van der Waals surface area contributed by atoms with Gasteiger partial charge in [-0.3, -0.25) is 4.79 Å². The number of carbonyl (C=O) groups is 1. The van der Waals surface area contributed by atoms with E-state index >= 15 is 0 Å². The number of aryl methyl sites for hydroxylation is 1. The molecule has 106 valence electrons. The number of imidazole rings is 1. The Hall–Kier alpha value is -2.10. The van der Waals surface area contributed by atoms with Crippen LogP contribution in [0, 0.1) is 0 Å². The van der Waals surface area contributed by atoms with Gasteiger partial charge in [-0.1, -0.05) is 38.1 Å². The summed E-state index contributed by atoms with van der Waals surface area (Å²) in [5, 5.41) is 2.98. The maximum absolute atomic E-state index is 11.8. The van der Waals surface area contributed by atoms with Gasteiger partial charge in [-0.2, -0.15) is 0 Å². The molecule has 0 fully saturated rings. The summed E-state index contributed by atoms with van der Waals surface area (Å²) in [6.07, 6.45) is 5.78. The van der Waals surface area contributed by atoms with E-state index in [4.69, 9.17) is 0 Å². The lowest BCUT2D eigenvalue weighted by Crippen LogP contribution is -2.24. The van der Waals surface area contributed by atoms with Crippen molar-refractivity contribution in [3.8, 4) is 0 Å². The summed E-state index contributed by atoms with van der Waals surface area (Å²) in [6.45, 7) is 5.59. The van der Waals surface area contributed by atoms with Crippen molar-refractivity contribution in [3.05, 3.63) is 54.1 Å². The molecule has 0 saturated heterocycles. The molecule has 0 saturated carbocycles. The van der Waals surface area contributed by atoms with Crippen LogP contribution in [0.4, 0.5) is 0 Å². The number of aromatic nitrogens is 2. The van der Waals surface area contributed by atoms with Crippen LogP contribution in [-0.4, -0.2) is 15.5 Å². The summed E-state index contributed by atoms with van der Waals surface area (Å²) < 4.78 is 1.90. The largest absolute Gasteiger partial charge is 0.352 e. The Labute approximate surface area is 119 Å². The first-order valence-corrected chi connectivity index (χ1v) is 6.97. The molecule has 0 spiro atoms. The highest BCUT2D eigenvalue weighted by atomic mass is 16.1. The number of nitrogens with one attached hydrogen (secondary N) is 1. The Balaban J connectivity index is 1.84. The van der Waals surface area contributed by atoms with Crippen LogP contribution in [0.15, 0.2) is 43.0 Å². The van der Waals surface area contributed by atoms with Crippen LogP contribution in [0.1, 0.15) is 37.3 Å². The fourth-order valence-electron chi connectivity index (χ4n) is 2.19. The molecule has 0 radical (unpaired) electrons. The van der Waals surface area contributed by atoms with E-state index in [1.807, 2.05) is 22.9 Å². The Bertz CT molecular complexity index is 547. The molecule has 4 heteroatoms. The second kappa shape index (κ2) is 6.89. The van der Waals surface area contributed by atoms with Gasteiger partial charge >= 0.3 is 0 Å². The lowest BCUT2D eigenvalue weighted by atomic mass is 9.97. The Morgan fingerprint density at radius 3 is 2.85 bits per heavy atom. The topological polar surface area (TPSA) is 46.9 Å². The van der Waals surface area contributed by atoms with Gasteiger partial charge in [-0.25, -0.2) is 4.98 Å². The Morgan fingerprint density at radius 2 is 2.15 bits per heavy atom. The molecule has 2 aromatic rings. The number of benzene rings is 1. The monoisotopic (exact) mass is 271 g/mol. The first-order chi connectivity index (χ1) is 9.66. The van der Waals surface area contributed by atoms with Crippen LogP contribution < -0.4 is 5.32 Å². The van der Waals surface area contributed by atoms with Crippen molar-refractivity contribution in [1.29, 1.82) is 0 Å². The Kier molecular flexibility index (Phi) is 4.93. The number of hydrogen-bond donors (Lipinski definition) is 1. The summed E-state index contributed by atoms with van der Waals surface area (Å²) in [5.74, 6) is 0.534. The Morgan fingerprint density at radius 1 is 1.35 bits per heavy atom. The standard InChI is InChI=1S/C16H21N3O/c1-13(2)15-6-4-3-5-14(15)11-18-16(20)7-9-19-10-8-17-12-19/h3-6,8,10,12-13H,7,9,11H2,1-2H3,(H,18,20). The molecule has 2 rings (SSSR count). The first-order valence-electron chi connectivity index (χ1n) is 6.97. The third-order valence-corrected chi connectivity index (χ3v) is 3.31. The fourth-order valence-corrected chi connectivity index (χ4v) is 2.19. The molecule has 0 unspecified atom stereocenters. The zero-order chi connectivity index (χ0) is 14.4. The molecular weight excluding hydrogens is 250 g/mol. The van der Waals surface area contributed by atoms with Crippen LogP contribution in [0.3, 0.4) is 0 Å². The minimum absolute atomic E-state index is 0.0669. The molecule has 0 aliphatic carbocycles. The van der Waals surface area contributed by atoms with E-state index < -0.39 is 0 Å². The number of amides is 1. The van der Waals surface area contributed by atoms with Crippen molar-refractivity contribution in [2.45, 2.75) is 39.3 Å². The molecule has 0 aliphatic rings. The first kappa shape index (κ1) is 14.3. The molecule has 0 aliphatic heterocycles. The summed E-state index contributed by atoms with van der Waals surface area (Å²) >= 11 is 0. The van der Waals surface area contributed by atoms with Crippen molar-refractivity contribution in [2.24, 2.45) is 0 Å². The van der Waals surface area contributed by atoms with E-state index in [0.29, 0.717) is 25.4 Å². The lowest BCUT2D eigenvalue weighted by Gasteiger charge is -2.13. The zero-order valence-corrected chi connectivity index (χ0v) is 12.0. The van der Waals surface area contributed by atoms with E-state index in [1.54, 1.807) is 12.5 Å². The maximum Gasteiger partial charge on any atom is 0.222 e. The van der Waals surface area contributed by atoms with Gasteiger partial charge in [0.05, 0.1) is 6.33 Å². The quantitative estimate of drug-likeness (QED) is 0.878. The zero-order valence-electron chi connectivity index (χ0n) is 12.0. The summed E-state index contributed by atoms with van der Waals surface area (Å²) in [6, 6.07) is 8.25. The van der Waals surface area contributed by atoms with Gasteiger partial charge in [0, 0.05) is 31.9 Å². The van der Waals surface area contributed by atoms with Crippen molar-refractivity contribution >= 4 is 5.91 Å². The van der Waals surface area contributed by atoms with E-state index in [1.165, 1.54) is 11.1 Å². The summed E-state index contributed by atoms with van der Waals surface area (Å²) in [7, 11) is 0. The van der Waals surface area contributed by atoms with Gasteiger partial charge in [-0.05, 0) is 17.0 Å². The highest BCUT2D eigenvalue weighted by Crippen LogP contribution is 2.18. The molecule has 4 nitrogen and oxygen atoms in total. The molecule has 1 amide bonds. The van der Waals surface area contributed by atoms with E-state index in [-0.39, 0.29) is 5.91 Å². The number of hydrogen-bond acceptors (Lipinski definition) is 2. The van der Waals surface area contributed by atoms with Gasteiger partial charge in [0.1, 0.15) is 0 Å². The van der Waals surface area contributed by atoms with Crippen LogP contribution in [0.2, 0.25) is 0 Å². The molecule has 0 bridgehead atoms. The lowest BCUT2D eigenvalue weighted by molar-refractivity contribution is -0.121. The van der Waals surface area contributed by atoms with Crippen molar-refractivity contribution < 1.29 is 4.79 Å². The molecule has 0 atom stereocenters. The van der Waals surface area contributed by atoms with Crippen LogP contribution >= 0.6 is 0 Å². The van der Waals surface area contributed by atoms with Gasteiger partial charge in [0.25, 0.3) is 0 Å². The summed E-state index contributed by atoms with van der Waals surface area (Å²) in [5.41, 5.74) is 2.49. The van der Waals surface area contributed by atoms with Crippen molar-refractivity contribution in [2.75, 3.05) is 0 Å². The van der Waals surface area contributed by atoms with E-state index in [0.717, 1.165) is 0 Å². The average Bonchev–Trinajstić information content (AvgIpc) is 2.96. The number of rotatable bonds is 6. The third kappa shape index (κ3) is 3.95. The smallest absolute Gasteiger partial charge is 0.222 e. The minimum Gasteiger partial charge on any atom is -0.352 e. The number of carbonyl (C=O) groups excluding carboxylic acids is 1. The maximum atomic E-state index is 11.8. The minimum atomic E-state index is 0.0669. The van der Waals surface area contributed by atoms with E-state index in [9.17, 15) is 4.79 Å². The van der Waals surface area contributed by atoms with Crippen LogP contribution in [0.5, 0.6) is 0 Å². The molecule has 1 aromatic carbocycles. The second-order valence-corrected chi connectivity index (χ2v) is 5.18. The van der Waals surface area contributed by atoms with Gasteiger partial charge < -0.3 is 9.88 Å². The normalized spacial score (nSPS) is 10.8. The van der Waals surface area contributed by atoms with Crippen LogP contribution in [-0.2, 0) is 17.9 Å². The molecule has 1 aromatic heterocycles. The predicted octanol–water partition coefficient (Wildman–Crippen LogP) is 2.71. The predicted molar refractivity (Wildman–Crippen MR) is 79.2 cm³/mol. The fraction of sp³-hybridized carbons (Fsp3) is 0.375. The van der Waals surface area contributed by atoms with Crippen LogP contribution in [0.25, 0.3) is 0 Å². The highest BCUT2D eigenvalue weighted by molar-refractivity contribution is 5.75. The summed E-state index contributed by atoms with van der Waals surface area (Å²) in [4.78, 5) is 15.8. The van der Waals surface area contributed by atoms with Gasteiger partial charge in [0.2, 0.25) is 5.91 Å². The van der Waals surface area contributed by atoms with Crippen molar-refractivity contribution in [3.63, 3.8) is 0 Å².